The quantitative estimate of drug-likeness (QED) is 0.739. The molecule has 0 aliphatic carbocycles. The van der Waals surface area contributed by atoms with Crippen molar-refractivity contribution in [3.63, 3.8) is 0 Å². The Morgan fingerprint density at radius 3 is 2.00 bits per heavy atom. The highest BCUT2D eigenvalue weighted by Gasteiger charge is 2.37. The lowest BCUT2D eigenvalue weighted by Gasteiger charge is -2.49. The third-order valence-electron chi connectivity index (χ3n) is 3.83. The fraction of sp³-hybridized carbons (Fsp3) is 1.00. The molecular formula is C14H30N2. The molecule has 2 heteroatoms. The van der Waals surface area contributed by atoms with Crippen molar-refractivity contribution in [2.75, 3.05) is 19.6 Å². The molecule has 0 aromatic heterocycles. The summed E-state index contributed by atoms with van der Waals surface area (Å²) in [5, 5.41) is 3.74. The highest BCUT2D eigenvalue weighted by molar-refractivity contribution is 4.90. The van der Waals surface area contributed by atoms with Gasteiger partial charge in [-0.3, -0.25) is 4.90 Å². The number of rotatable bonds is 1. The van der Waals surface area contributed by atoms with Crippen LogP contribution in [0, 0.1) is 16.7 Å². The van der Waals surface area contributed by atoms with Gasteiger partial charge in [0.1, 0.15) is 0 Å². The molecule has 96 valence electrons. The van der Waals surface area contributed by atoms with Crippen LogP contribution < -0.4 is 5.32 Å². The van der Waals surface area contributed by atoms with Crippen molar-refractivity contribution in [2.24, 2.45) is 16.7 Å². The fourth-order valence-corrected chi connectivity index (χ4v) is 2.58. The summed E-state index contributed by atoms with van der Waals surface area (Å²) in [4.78, 5) is 2.60. The summed E-state index contributed by atoms with van der Waals surface area (Å²) in [6, 6.07) is 0. The van der Waals surface area contributed by atoms with Crippen LogP contribution in [0.15, 0.2) is 0 Å². The van der Waals surface area contributed by atoms with Crippen molar-refractivity contribution < 1.29 is 0 Å². The van der Waals surface area contributed by atoms with Crippen molar-refractivity contribution in [1.82, 2.24) is 10.2 Å². The molecule has 0 aromatic rings. The summed E-state index contributed by atoms with van der Waals surface area (Å²) in [5.41, 5.74) is 0.724. The summed E-state index contributed by atoms with van der Waals surface area (Å²) in [6.07, 6.45) is 0.524. The molecular weight excluding hydrogens is 196 g/mol. The van der Waals surface area contributed by atoms with Gasteiger partial charge in [0.05, 0.1) is 6.17 Å². The van der Waals surface area contributed by atoms with Gasteiger partial charge >= 0.3 is 0 Å². The minimum Gasteiger partial charge on any atom is -0.301 e. The zero-order chi connectivity index (χ0) is 12.6. The second-order valence-electron chi connectivity index (χ2n) is 7.33. The van der Waals surface area contributed by atoms with Crippen molar-refractivity contribution in [3.05, 3.63) is 0 Å². The first kappa shape index (κ1) is 14.0. The largest absolute Gasteiger partial charge is 0.301 e. The minimum absolute atomic E-state index is 0.318. The van der Waals surface area contributed by atoms with Crippen LogP contribution in [0.5, 0.6) is 0 Å². The van der Waals surface area contributed by atoms with Gasteiger partial charge in [-0.15, -0.1) is 0 Å². The van der Waals surface area contributed by atoms with E-state index in [4.69, 9.17) is 0 Å². The molecule has 0 aromatic carbocycles. The second-order valence-corrected chi connectivity index (χ2v) is 7.33. The predicted octanol–water partition coefficient (Wildman–Crippen LogP) is 2.95. The average Bonchev–Trinajstić information content (AvgIpc) is 2.14. The molecule has 0 spiro atoms. The smallest absolute Gasteiger partial charge is 0.0647 e. The Kier molecular flexibility index (Phi) is 4.07. The number of nitrogens with one attached hydrogen (secondary N) is 1. The summed E-state index contributed by atoms with van der Waals surface area (Å²) < 4.78 is 0. The van der Waals surface area contributed by atoms with Crippen LogP contribution in [0.2, 0.25) is 0 Å². The van der Waals surface area contributed by atoms with E-state index in [9.17, 15) is 0 Å². The SMILES string of the molecule is CCN1CC(C(C)(C)C)CNC1C(C)(C)C. The predicted molar refractivity (Wildman–Crippen MR) is 71.4 cm³/mol. The zero-order valence-electron chi connectivity index (χ0n) is 12.2. The van der Waals surface area contributed by atoms with Crippen molar-refractivity contribution in [2.45, 2.75) is 54.6 Å². The normalized spacial score (nSPS) is 29.4. The Bertz CT molecular complexity index is 222. The Morgan fingerprint density at radius 1 is 1.06 bits per heavy atom. The van der Waals surface area contributed by atoms with Crippen LogP contribution in [0.3, 0.4) is 0 Å². The molecule has 1 aliphatic heterocycles. The van der Waals surface area contributed by atoms with Gasteiger partial charge in [-0.1, -0.05) is 48.5 Å². The van der Waals surface area contributed by atoms with Gasteiger partial charge in [0.15, 0.2) is 0 Å². The highest BCUT2D eigenvalue weighted by Crippen LogP contribution is 2.32. The van der Waals surface area contributed by atoms with E-state index >= 15 is 0 Å². The lowest BCUT2D eigenvalue weighted by molar-refractivity contribution is -0.000359. The van der Waals surface area contributed by atoms with Crippen LogP contribution in [0.4, 0.5) is 0 Å². The van der Waals surface area contributed by atoms with Crippen molar-refractivity contribution in [1.29, 1.82) is 0 Å². The molecule has 0 saturated carbocycles. The molecule has 1 heterocycles. The summed E-state index contributed by atoms with van der Waals surface area (Å²) in [5.74, 6) is 0.756. The molecule has 1 rings (SSSR count). The van der Waals surface area contributed by atoms with Crippen LogP contribution in [-0.4, -0.2) is 30.7 Å². The van der Waals surface area contributed by atoms with Gasteiger partial charge in [0.25, 0.3) is 0 Å². The first-order valence-electron chi connectivity index (χ1n) is 6.63. The Morgan fingerprint density at radius 2 is 1.62 bits per heavy atom. The standard InChI is InChI=1S/C14H30N2/c1-8-16-10-11(13(2,3)4)9-15-12(16)14(5,6)7/h11-12,15H,8-10H2,1-7H3. The molecule has 1 fully saturated rings. The molecule has 1 saturated heterocycles. The molecule has 2 atom stereocenters. The van der Waals surface area contributed by atoms with E-state index in [1.165, 1.54) is 6.54 Å². The topological polar surface area (TPSA) is 15.3 Å². The van der Waals surface area contributed by atoms with Crippen LogP contribution >= 0.6 is 0 Å². The minimum atomic E-state index is 0.318. The zero-order valence-corrected chi connectivity index (χ0v) is 12.2. The van der Waals surface area contributed by atoms with Crippen LogP contribution in [0.25, 0.3) is 0 Å². The highest BCUT2D eigenvalue weighted by atomic mass is 15.3. The summed E-state index contributed by atoms with van der Waals surface area (Å²) in [6.45, 7) is 19.8. The lowest BCUT2D eigenvalue weighted by atomic mass is 9.77. The maximum Gasteiger partial charge on any atom is 0.0647 e. The van der Waals surface area contributed by atoms with Gasteiger partial charge in [-0.25, -0.2) is 0 Å². The number of nitrogens with zero attached hydrogens (tertiary/aromatic N) is 1. The van der Waals surface area contributed by atoms with Crippen molar-refractivity contribution >= 4 is 0 Å². The van der Waals surface area contributed by atoms with Crippen molar-refractivity contribution in [3.8, 4) is 0 Å². The maximum absolute atomic E-state index is 3.74. The van der Waals surface area contributed by atoms with Crippen LogP contribution in [0.1, 0.15) is 48.5 Å². The Labute approximate surface area is 102 Å². The van der Waals surface area contributed by atoms with Gasteiger partial charge < -0.3 is 5.32 Å². The van der Waals surface area contributed by atoms with E-state index in [1.54, 1.807) is 0 Å². The second kappa shape index (κ2) is 4.66. The molecule has 1 aliphatic rings. The number of hydrogen-bond acceptors (Lipinski definition) is 2. The van der Waals surface area contributed by atoms with Gasteiger partial charge in [-0.05, 0) is 23.3 Å². The van der Waals surface area contributed by atoms with Gasteiger partial charge in [-0.2, -0.15) is 0 Å². The maximum atomic E-state index is 3.74. The number of hydrogen-bond donors (Lipinski definition) is 1. The van der Waals surface area contributed by atoms with E-state index in [0.717, 1.165) is 19.0 Å². The fourth-order valence-electron chi connectivity index (χ4n) is 2.58. The first-order chi connectivity index (χ1) is 7.16. The van der Waals surface area contributed by atoms with E-state index < -0.39 is 0 Å². The molecule has 1 N–H and O–H groups in total. The average molecular weight is 226 g/mol. The van der Waals surface area contributed by atoms with Gasteiger partial charge in [0, 0.05) is 13.1 Å². The Balaban J connectivity index is 2.72. The van der Waals surface area contributed by atoms with E-state index in [0.29, 0.717) is 17.0 Å². The van der Waals surface area contributed by atoms with E-state index in [-0.39, 0.29) is 0 Å². The molecule has 2 nitrogen and oxygen atoms in total. The summed E-state index contributed by atoms with van der Waals surface area (Å²) in [7, 11) is 0. The van der Waals surface area contributed by atoms with Crippen LogP contribution in [-0.2, 0) is 0 Å². The van der Waals surface area contributed by atoms with E-state index in [1.807, 2.05) is 0 Å². The summed E-state index contributed by atoms with van der Waals surface area (Å²) >= 11 is 0. The molecule has 2 unspecified atom stereocenters. The molecule has 16 heavy (non-hydrogen) atoms. The van der Waals surface area contributed by atoms with E-state index in [2.05, 4.69) is 58.7 Å². The van der Waals surface area contributed by atoms with Gasteiger partial charge in [0.2, 0.25) is 0 Å². The Hall–Kier alpha value is -0.0800. The third kappa shape index (κ3) is 3.21. The third-order valence-corrected chi connectivity index (χ3v) is 3.83. The lowest BCUT2D eigenvalue weighted by Crippen LogP contribution is -2.61. The molecule has 0 amide bonds. The first-order valence-corrected chi connectivity index (χ1v) is 6.63. The molecule has 0 bridgehead atoms. The molecule has 0 radical (unpaired) electrons. The monoisotopic (exact) mass is 226 g/mol.